The number of pyridine rings is 2. The molecule has 3 nitrogen and oxygen atoms in total. The van der Waals surface area contributed by atoms with Crippen molar-refractivity contribution in [3.05, 3.63) is 54.5 Å². The molecule has 92 valence electrons. The molecule has 0 atom stereocenters. The van der Waals surface area contributed by atoms with E-state index in [4.69, 9.17) is 4.74 Å². The number of hydrogen-bond acceptors (Lipinski definition) is 3. The van der Waals surface area contributed by atoms with Gasteiger partial charge in [0.05, 0.1) is 7.11 Å². The molecule has 0 aliphatic rings. The minimum absolute atomic E-state index is 0.660. The minimum atomic E-state index is 0.660. The van der Waals surface area contributed by atoms with Crippen LogP contribution in [0.2, 0.25) is 0 Å². The first kappa shape index (κ1) is 15.1. The predicted molar refractivity (Wildman–Crippen MR) is 71.1 cm³/mol. The molecule has 0 amide bonds. The van der Waals surface area contributed by atoms with E-state index in [0.717, 1.165) is 5.69 Å². The second-order valence-corrected chi connectivity index (χ2v) is 2.84. The number of methoxy groups -OCH3 is 1. The molecule has 2 heterocycles. The van der Waals surface area contributed by atoms with Crippen LogP contribution in [0, 0.1) is 6.92 Å². The summed E-state index contributed by atoms with van der Waals surface area (Å²) in [6, 6.07) is 11.4. The highest BCUT2D eigenvalue weighted by Gasteiger charge is 1.82. The highest BCUT2D eigenvalue weighted by atomic mass is 16.5. The van der Waals surface area contributed by atoms with Gasteiger partial charge in [0.25, 0.3) is 0 Å². The summed E-state index contributed by atoms with van der Waals surface area (Å²) in [7, 11) is 1.60. The molecule has 2 rings (SSSR count). The third-order valence-electron chi connectivity index (χ3n) is 1.66. The fourth-order valence-corrected chi connectivity index (χ4v) is 0.916. The number of rotatable bonds is 1. The lowest BCUT2D eigenvalue weighted by molar-refractivity contribution is 0.398. The van der Waals surface area contributed by atoms with Crippen LogP contribution in [0.3, 0.4) is 0 Å². The van der Waals surface area contributed by atoms with Gasteiger partial charge < -0.3 is 4.74 Å². The summed E-state index contributed by atoms with van der Waals surface area (Å²) in [5, 5.41) is 0. The average Bonchev–Trinajstić information content (AvgIpc) is 2.43. The quantitative estimate of drug-likeness (QED) is 0.754. The Morgan fingerprint density at radius 1 is 0.882 bits per heavy atom. The SMILES string of the molecule is CC.COc1ccccn1.Cc1ccccn1. The van der Waals surface area contributed by atoms with Crippen LogP contribution in [-0.4, -0.2) is 17.1 Å². The normalized spacial score (nSPS) is 8.00. The first-order valence-corrected chi connectivity index (χ1v) is 5.65. The number of nitrogens with zero attached hydrogens (tertiary/aromatic N) is 2. The van der Waals surface area contributed by atoms with Gasteiger partial charge >= 0.3 is 0 Å². The van der Waals surface area contributed by atoms with Gasteiger partial charge in [-0.25, -0.2) is 4.98 Å². The van der Waals surface area contributed by atoms with Crippen molar-refractivity contribution in [3.63, 3.8) is 0 Å². The largest absolute Gasteiger partial charge is 0.481 e. The Morgan fingerprint density at radius 3 is 1.71 bits per heavy atom. The zero-order chi connectivity index (χ0) is 12.9. The fraction of sp³-hybridized carbons (Fsp3) is 0.286. The Bertz CT molecular complexity index is 362. The zero-order valence-corrected chi connectivity index (χ0v) is 10.9. The van der Waals surface area contributed by atoms with Crippen LogP contribution in [0.5, 0.6) is 5.88 Å². The molecule has 0 bridgehead atoms. The van der Waals surface area contributed by atoms with Gasteiger partial charge in [-0.05, 0) is 25.1 Å². The summed E-state index contributed by atoms with van der Waals surface area (Å²) in [6.07, 6.45) is 3.48. The third kappa shape index (κ3) is 7.96. The zero-order valence-electron chi connectivity index (χ0n) is 10.9. The molecule has 2 aromatic heterocycles. The van der Waals surface area contributed by atoms with E-state index in [2.05, 4.69) is 9.97 Å². The van der Waals surface area contributed by atoms with Crippen LogP contribution in [0.25, 0.3) is 0 Å². The van der Waals surface area contributed by atoms with Crippen molar-refractivity contribution >= 4 is 0 Å². The lowest BCUT2D eigenvalue weighted by atomic mass is 10.4. The number of ether oxygens (including phenoxy) is 1. The van der Waals surface area contributed by atoms with Crippen molar-refractivity contribution in [3.8, 4) is 5.88 Å². The number of hydrogen-bond donors (Lipinski definition) is 0. The van der Waals surface area contributed by atoms with Crippen LogP contribution in [-0.2, 0) is 0 Å². The van der Waals surface area contributed by atoms with Crippen molar-refractivity contribution < 1.29 is 4.74 Å². The van der Waals surface area contributed by atoms with Gasteiger partial charge in [0.15, 0.2) is 0 Å². The molecule has 0 saturated carbocycles. The molecule has 2 aromatic rings. The summed E-state index contributed by atoms with van der Waals surface area (Å²) in [4.78, 5) is 7.85. The van der Waals surface area contributed by atoms with Crippen molar-refractivity contribution in [2.24, 2.45) is 0 Å². The number of aryl methyl sites for hydroxylation is 1. The van der Waals surface area contributed by atoms with E-state index in [9.17, 15) is 0 Å². The van der Waals surface area contributed by atoms with Gasteiger partial charge in [-0.1, -0.05) is 26.0 Å². The second kappa shape index (κ2) is 10.6. The Labute approximate surface area is 104 Å². The predicted octanol–water partition coefficient (Wildman–Crippen LogP) is 3.51. The molecule has 0 aliphatic carbocycles. The molecule has 0 saturated heterocycles. The van der Waals surface area contributed by atoms with Crippen molar-refractivity contribution in [2.75, 3.05) is 7.11 Å². The van der Waals surface area contributed by atoms with E-state index in [-0.39, 0.29) is 0 Å². The van der Waals surface area contributed by atoms with Gasteiger partial charge in [-0.2, -0.15) is 0 Å². The molecule has 3 heteroatoms. The van der Waals surface area contributed by atoms with E-state index < -0.39 is 0 Å². The van der Waals surface area contributed by atoms with Gasteiger partial charge in [0, 0.05) is 24.2 Å². The van der Waals surface area contributed by atoms with E-state index in [1.807, 2.05) is 51.1 Å². The summed E-state index contributed by atoms with van der Waals surface area (Å²) >= 11 is 0. The summed E-state index contributed by atoms with van der Waals surface area (Å²) in [5.74, 6) is 0.660. The van der Waals surface area contributed by atoms with Gasteiger partial charge in [0.1, 0.15) is 0 Å². The van der Waals surface area contributed by atoms with Crippen LogP contribution >= 0.6 is 0 Å². The second-order valence-electron chi connectivity index (χ2n) is 2.84. The maximum Gasteiger partial charge on any atom is 0.212 e. The Balaban J connectivity index is 0.000000265. The first-order chi connectivity index (χ1) is 8.33. The van der Waals surface area contributed by atoms with E-state index >= 15 is 0 Å². The minimum Gasteiger partial charge on any atom is -0.481 e. The smallest absolute Gasteiger partial charge is 0.212 e. The highest BCUT2D eigenvalue weighted by molar-refractivity contribution is 5.08. The van der Waals surface area contributed by atoms with Crippen molar-refractivity contribution in [2.45, 2.75) is 20.8 Å². The fourth-order valence-electron chi connectivity index (χ4n) is 0.916. The lowest BCUT2D eigenvalue weighted by Crippen LogP contribution is -1.83. The molecular formula is C14H20N2O. The Morgan fingerprint density at radius 2 is 1.47 bits per heavy atom. The average molecular weight is 232 g/mol. The summed E-state index contributed by atoms with van der Waals surface area (Å²) in [6.45, 7) is 5.97. The van der Waals surface area contributed by atoms with Crippen molar-refractivity contribution in [1.29, 1.82) is 0 Å². The van der Waals surface area contributed by atoms with Crippen LogP contribution in [0.4, 0.5) is 0 Å². The molecule has 0 N–H and O–H groups in total. The monoisotopic (exact) mass is 232 g/mol. The molecule has 17 heavy (non-hydrogen) atoms. The Kier molecular flexibility index (Phi) is 9.43. The maximum absolute atomic E-state index is 4.80. The molecule has 0 fully saturated rings. The third-order valence-corrected chi connectivity index (χ3v) is 1.66. The molecule has 0 radical (unpaired) electrons. The van der Waals surface area contributed by atoms with E-state index in [0.29, 0.717) is 5.88 Å². The summed E-state index contributed by atoms with van der Waals surface area (Å²) in [5.41, 5.74) is 1.07. The number of aromatic nitrogens is 2. The van der Waals surface area contributed by atoms with Crippen LogP contribution in [0.15, 0.2) is 48.8 Å². The van der Waals surface area contributed by atoms with Gasteiger partial charge in [0.2, 0.25) is 5.88 Å². The van der Waals surface area contributed by atoms with Gasteiger partial charge in [-0.3, -0.25) is 4.98 Å². The molecule has 0 aliphatic heterocycles. The van der Waals surface area contributed by atoms with Crippen molar-refractivity contribution in [1.82, 2.24) is 9.97 Å². The first-order valence-electron chi connectivity index (χ1n) is 5.65. The molecule has 0 spiro atoms. The molecular weight excluding hydrogens is 212 g/mol. The standard InChI is InChI=1S/C6H7NO.C6H7N.C2H6/c1-8-6-4-2-3-5-7-6;1-6-4-2-3-5-7-6;1-2/h2-5H,1H3;2-5H,1H3;1-2H3. The summed E-state index contributed by atoms with van der Waals surface area (Å²) < 4.78 is 4.80. The molecule has 0 aromatic carbocycles. The lowest BCUT2D eigenvalue weighted by Gasteiger charge is -1.92. The maximum atomic E-state index is 4.80. The molecule has 0 unspecified atom stereocenters. The van der Waals surface area contributed by atoms with E-state index in [1.165, 1.54) is 0 Å². The van der Waals surface area contributed by atoms with E-state index in [1.54, 1.807) is 25.6 Å². The Hall–Kier alpha value is -1.90. The topological polar surface area (TPSA) is 35.0 Å². The highest BCUT2D eigenvalue weighted by Crippen LogP contribution is 1.99. The van der Waals surface area contributed by atoms with Crippen LogP contribution < -0.4 is 4.74 Å². The van der Waals surface area contributed by atoms with Crippen LogP contribution in [0.1, 0.15) is 19.5 Å². The van der Waals surface area contributed by atoms with Gasteiger partial charge in [-0.15, -0.1) is 0 Å².